The van der Waals surface area contributed by atoms with Crippen molar-refractivity contribution in [3.63, 3.8) is 0 Å². The Hall–Kier alpha value is -0.127. The van der Waals surface area contributed by atoms with Gasteiger partial charge >= 0.3 is 0 Å². The van der Waals surface area contributed by atoms with E-state index in [1.807, 2.05) is 0 Å². The van der Waals surface area contributed by atoms with Crippen LogP contribution in [0, 0.1) is 23.7 Å². The van der Waals surface area contributed by atoms with Gasteiger partial charge in [-0.2, -0.15) is 0 Å². The number of halogens is 1. The largest absolute Gasteiger partial charge is 1.00 e. The van der Waals surface area contributed by atoms with E-state index in [1.165, 1.54) is 12.8 Å². The monoisotopic (exact) mass is 322 g/mol. The van der Waals surface area contributed by atoms with Gasteiger partial charge in [-0.05, 0) is 36.5 Å². The number of hydrogen-bond donors (Lipinski definition) is 0. The first-order chi connectivity index (χ1) is 6.90. The maximum Gasteiger partial charge on any atom is 0 e. The summed E-state index contributed by atoms with van der Waals surface area (Å²) < 4.78 is 0. The minimum Gasteiger partial charge on any atom is -1.00 e. The first kappa shape index (κ1) is 13.9. The molecule has 0 aromatic heterocycles. The summed E-state index contributed by atoms with van der Waals surface area (Å²) >= 11 is 0. The molecule has 0 unspecified atom stereocenters. The zero-order valence-electron chi connectivity index (χ0n) is 9.05. The summed E-state index contributed by atoms with van der Waals surface area (Å²) in [6.07, 6.45) is 21.1. The molecule has 4 bridgehead atoms. The van der Waals surface area contributed by atoms with E-state index in [4.69, 9.17) is 0 Å². The molecule has 0 amide bonds. The van der Waals surface area contributed by atoms with Crippen LogP contribution in [0.2, 0.25) is 0 Å². The maximum absolute atomic E-state index is 2.30. The molecular weight excluding hydrogens is 307 g/mol. The molecule has 2 heteroatoms. The summed E-state index contributed by atoms with van der Waals surface area (Å²) in [6, 6.07) is 0. The van der Waals surface area contributed by atoms with E-state index in [0.29, 0.717) is 0 Å². The van der Waals surface area contributed by atoms with Gasteiger partial charge in [0.1, 0.15) is 0 Å². The van der Waals surface area contributed by atoms with Crippen molar-refractivity contribution >= 4 is 0 Å². The molecule has 0 aliphatic heterocycles. The average Bonchev–Trinajstić information content (AvgIpc) is 3.01. The van der Waals surface area contributed by atoms with Crippen LogP contribution in [0.1, 0.15) is 12.8 Å². The molecule has 4 aliphatic carbocycles. The molecule has 0 saturated heterocycles. The summed E-state index contributed by atoms with van der Waals surface area (Å²) in [5, 5.41) is 0. The van der Waals surface area contributed by atoms with Crippen LogP contribution in [0.5, 0.6) is 0 Å². The fraction of sp³-hybridized carbons (Fsp3) is 0.429. The van der Waals surface area contributed by atoms with Crippen LogP contribution in [-0.4, -0.2) is 0 Å². The second-order valence-electron chi connectivity index (χ2n) is 4.67. The molecule has 4 rings (SSSR count). The molecule has 0 fully saturated rings. The SMILES string of the molecule is C1=CC2C=CC1C2.C1=CC2C=CC1C2.[Cl-].[Rh]. The van der Waals surface area contributed by atoms with Crippen LogP contribution < -0.4 is 12.4 Å². The Morgan fingerprint density at radius 2 is 0.688 bits per heavy atom. The Balaban J connectivity index is 0.000000142. The van der Waals surface area contributed by atoms with E-state index in [-0.39, 0.29) is 31.9 Å². The van der Waals surface area contributed by atoms with Gasteiger partial charge in [0.2, 0.25) is 0 Å². The van der Waals surface area contributed by atoms with Crippen molar-refractivity contribution in [1.29, 1.82) is 0 Å². The third kappa shape index (κ3) is 2.96. The van der Waals surface area contributed by atoms with Crippen LogP contribution in [0.3, 0.4) is 0 Å². The van der Waals surface area contributed by atoms with Crippen LogP contribution in [0.4, 0.5) is 0 Å². The van der Waals surface area contributed by atoms with Gasteiger partial charge in [-0.1, -0.05) is 48.6 Å². The summed E-state index contributed by atoms with van der Waals surface area (Å²) in [6.45, 7) is 0. The Morgan fingerprint density at radius 3 is 0.750 bits per heavy atom. The minimum atomic E-state index is 0. The molecule has 0 N–H and O–H groups in total. The quantitative estimate of drug-likeness (QED) is 0.450. The third-order valence-electron chi connectivity index (χ3n) is 3.51. The van der Waals surface area contributed by atoms with Gasteiger partial charge in [-0.25, -0.2) is 0 Å². The molecule has 4 aliphatic rings. The number of fused-ring (bicyclic) bond motifs is 4. The van der Waals surface area contributed by atoms with E-state index in [2.05, 4.69) is 48.6 Å². The van der Waals surface area contributed by atoms with Gasteiger partial charge in [-0.15, -0.1) is 0 Å². The van der Waals surface area contributed by atoms with E-state index < -0.39 is 0 Å². The third-order valence-corrected chi connectivity index (χ3v) is 3.51. The van der Waals surface area contributed by atoms with Gasteiger partial charge in [0.25, 0.3) is 0 Å². The predicted octanol–water partition coefficient (Wildman–Crippen LogP) is 0.498. The maximum atomic E-state index is 2.30. The van der Waals surface area contributed by atoms with Crippen molar-refractivity contribution in [2.45, 2.75) is 12.8 Å². The molecule has 0 saturated carbocycles. The topological polar surface area (TPSA) is 0 Å². The van der Waals surface area contributed by atoms with Gasteiger partial charge < -0.3 is 12.4 Å². The van der Waals surface area contributed by atoms with Crippen molar-refractivity contribution in [3.05, 3.63) is 48.6 Å². The molecule has 0 aromatic rings. The zero-order chi connectivity index (χ0) is 9.38. The van der Waals surface area contributed by atoms with Crippen molar-refractivity contribution < 1.29 is 31.9 Å². The molecule has 89 valence electrons. The molecule has 1 radical (unpaired) electrons. The molecule has 0 atom stereocenters. The van der Waals surface area contributed by atoms with E-state index in [1.54, 1.807) is 0 Å². The molecular formula is C14H16ClRh-. The number of rotatable bonds is 0. The number of allylic oxidation sites excluding steroid dienone is 8. The molecule has 0 aromatic carbocycles. The molecule has 0 nitrogen and oxygen atoms in total. The van der Waals surface area contributed by atoms with Crippen LogP contribution in [0.15, 0.2) is 48.6 Å². The van der Waals surface area contributed by atoms with Crippen molar-refractivity contribution in [2.24, 2.45) is 23.7 Å². The van der Waals surface area contributed by atoms with Crippen molar-refractivity contribution in [3.8, 4) is 0 Å². The predicted molar refractivity (Wildman–Crippen MR) is 59.8 cm³/mol. The second kappa shape index (κ2) is 5.98. The average molecular weight is 323 g/mol. The first-order valence-corrected chi connectivity index (χ1v) is 5.63. The number of hydrogen-bond acceptors (Lipinski definition) is 0. The minimum absolute atomic E-state index is 0. The fourth-order valence-electron chi connectivity index (χ4n) is 2.66. The Bertz CT molecular complexity index is 251. The van der Waals surface area contributed by atoms with Crippen LogP contribution in [-0.2, 0) is 19.5 Å². The first-order valence-electron chi connectivity index (χ1n) is 5.63. The normalized spacial score (nSPS) is 38.0. The van der Waals surface area contributed by atoms with E-state index >= 15 is 0 Å². The summed E-state index contributed by atoms with van der Waals surface area (Å²) in [4.78, 5) is 0. The molecule has 16 heavy (non-hydrogen) atoms. The van der Waals surface area contributed by atoms with Gasteiger partial charge in [-0.3, -0.25) is 0 Å². The summed E-state index contributed by atoms with van der Waals surface area (Å²) in [5.41, 5.74) is 0. The second-order valence-corrected chi connectivity index (χ2v) is 4.67. The Labute approximate surface area is 117 Å². The Morgan fingerprint density at radius 1 is 0.500 bits per heavy atom. The van der Waals surface area contributed by atoms with E-state index in [0.717, 1.165) is 23.7 Å². The fourth-order valence-corrected chi connectivity index (χ4v) is 2.66. The van der Waals surface area contributed by atoms with Gasteiger partial charge in [0.05, 0.1) is 0 Å². The van der Waals surface area contributed by atoms with Crippen LogP contribution >= 0.6 is 0 Å². The zero-order valence-corrected chi connectivity index (χ0v) is 11.4. The smallest absolute Gasteiger partial charge is 0 e. The summed E-state index contributed by atoms with van der Waals surface area (Å²) in [5.74, 6) is 3.24. The summed E-state index contributed by atoms with van der Waals surface area (Å²) in [7, 11) is 0. The van der Waals surface area contributed by atoms with Gasteiger partial charge in [0.15, 0.2) is 0 Å². The van der Waals surface area contributed by atoms with Crippen molar-refractivity contribution in [1.82, 2.24) is 0 Å². The van der Waals surface area contributed by atoms with Crippen molar-refractivity contribution in [2.75, 3.05) is 0 Å². The standard InChI is InChI=1S/2C7H8.ClH.Rh/c2*1-2-7-4-3-6(1)5-7;;/h2*1-4,6-7H,5H2;1H;/p-1. The van der Waals surface area contributed by atoms with Crippen LogP contribution in [0.25, 0.3) is 0 Å². The molecule has 0 spiro atoms. The molecule has 0 heterocycles. The Kier molecular flexibility index (Phi) is 5.21. The van der Waals surface area contributed by atoms with Gasteiger partial charge in [0, 0.05) is 19.5 Å². The van der Waals surface area contributed by atoms with E-state index in [9.17, 15) is 0 Å².